The number of hydrogen-bond acceptors (Lipinski definition) is 3. The first kappa shape index (κ1) is 12.4. The van der Waals surface area contributed by atoms with Gasteiger partial charge in [-0.3, -0.25) is 4.90 Å². The van der Waals surface area contributed by atoms with E-state index in [1.165, 1.54) is 11.1 Å². The zero-order chi connectivity index (χ0) is 12.1. The maximum atomic E-state index is 5.81. The van der Waals surface area contributed by atoms with Crippen molar-refractivity contribution in [2.45, 2.75) is 13.8 Å². The molecule has 0 unspecified atom stereocenters. The SMILES string of the molecule is Cc1cc(C)cc(OCCN2CCNCC2)c1. The van der Waals surface area contributed by atoms with E-state index in [1.807, 2.05) is 0 Å². The Hall–Kier alpha value is -1.06. The minimum Gasteiger partial charge on any atom is -0.492 e. The number of hydrogen-bond donors (Lipinski definition) is 1. The molecule has 1 heterocycles. The molecule has 3 nitrogen and oxygen atoms in total. The van der Waals surface area contributed by atoms with Crippen LogP contribution in [0.5, 0.6) is 5.75 Å². The predicted octanol–water partition coefficient (Wildman–Crippen LogP) is 1.59. The van der Waals surface area contributed by atoms with Gasteiger partial charge in [0.05, 0.1) is 0 Å². The third kappa shape index (κ3) is 4.02. The second kappa shape index (κ2) is 6.03. The molecule has 0 aromatic heterocycles. The fraction of sp³-hybridized carbons (Fsp3) is 0.571. The molecular formula is C14H22N2O. The van der Waals surface area contributed by atoms with Crippen molar-refractivity contribution >= 4 is 0 Å². The Balaban J connectivity index is 1.77. The number of nitrogens with zero attached hydrogens (tertiary/aromatic N) is 1. The van der Waals surface area contributed by atoms with Crippen molar-refractivity contribution < 1.29 is 4.74 Å². The third-order valence-corrected chi connectivity index (χ3v) is 3.08. The maximum Gasteiger partial charge on any atom is 0.119 e. The lowest BCUT2D eigenvalue weighted by molar-refractivity contribution is 0.191. The molecule has 0 radical (unpaired) electrons. The number of aryl methyl sites for hydroxylation is 2. The van der Waals surface area contributed by atoms with E-state index < -0.39 is 0 Å². The van der Waals surface area contributed by atoms with E-state index in [1.54, 1.807) is 0 Å². The first-order valence-electron chi connectivity index (χ1n) is 6.38. The van der Waals surface area contributed by atoms with Gasteiger partial charge in [0.1, 0.15) is 12.4 Å². The highest BCUT2D eigenvalue weighted by Gasteiger charge is 2.08. The lowest BCUT2D eigenvalue weighted by Gasteiger charge is -2.26. The van der Waals surface area contributed by atoms with E-state index in [2.05, 4.69) is 42.3 Å². The van der Waals surface area contributed by atoms with Gasteiger partial charge in [0.25, 0.3) is 0 Å². The second-order valence-corrected chi connectivity index (χ2v) is 4.76. The van der Waals surface area contributed by atoms with Crippen molar-refractivity contribution in [3.63, 3.8) is 0 Å². The Labute approximate surface area is 104 Å². The molecule has 17 heavy (non-hydrogen) atoms. The standard InChI is InChI=1S/C14H22N2O/c1-12-9-13(2)11-14(10-12)17-8-7-16-5-3-15-4-6-16/h9-11,15H,3-8H2,1-2H3. The minimum absolute atomic E-state index is 0.781. The van der Waals surface area contributed by atoms with Crippen LogP contribution in [0.25, 0.3) is 0 Å². The average Bonchev–Trinajstić information content (AvgIpc) is 2.29. The van der Waals surface area contributed by atoms with Crippen LogP contribution in [0.2, 0.25) is 0 Å². The normalized spacial score (nSPS) is 17.1. The van der Waals surface area contributed by atoms with E-state index in [0.29, 0.717) is 0 Å². The zero-order valence-corrected chi connectivity index (χ0v) is 10.8. The molecule has 0 saturated carbocycles. The van der Waals surface area contributed by atoms with Crippen LogP contribution in [0.3, 0.4) is 0 Å². The van der Waals surface area contributed by atoms with E-state index in [0.717, 1.165) is 45.1 Å². The molecule has 1 aromatic rings. The van der Waals surface area contributed by atoms with Crippen molar-refractivity contribution in [2.24, 2.45) is 0 Å². The molecule has 94 valence electrons. The second-order valence-electron chi connectivity index (χ2n) is 4.76. The highest BCUT2D eigenvalue weighted by atomic mass is 16.5. The Morgan fingerprint density at radius 1 is 1.12 bits per heavy atom. The molecule has 1 aliphatic rings. The molecule has 0 aliphatic carbocycles. The number of benzene rings is 1. The topological polar surface area (TPSA) is 24.5 Å². The lowest BCUT2D eigenvalue weighted by Crippen LogP contribution is -2.44. The highest BCUT2D eigenvalue weighted by molar-refractivity contribution is 5.32. The molecule has 0 bridgehead atoms. The third-order valence-electron chi connectivity index (χ3n) is 3.08. The Bertz CT molecular complexity index is 339. The number of piperazine rings is 1. The highest BCUT2D eigenvalue weighted by Crippen LogP contribution is 2.16. The summed E-state index contributed by atoms with van der Waals surface area (Å²) in [4.78, 5) is 2.44. The van der Waals surface area contributed by atoms with E-state index in [4.69, 9.17) is 4.74 Å². The minimum atomic E-state index is 0.781. The number of ether oxygens (including phenoxy) is 1. The predicted molar refractivity (Wildman–Crippen MR) is 70.7 cm³/mol. The largest absolute Gasteiger partial charge is 0.492 e. The summed E-state index contributed by atoms with van der Waals surface area (Å²) in [6.45, 7) is 10.5. The fourth-order valence-corrected chi connectivity index (χ4v) is 2.24. The monoisotopic (exact) mass is 234 g/mol. The van der Waals surface area contributed by atoms with Gasteiger partial charge in [-0.15, -0.1) is 0 Å². The molecule has 1 aromatic carbocycles. The van der Waals surface area contributed by atoms with Crippen LogP contribution < -0.4 is 10.1 Å². The van der Waals surface area contributed by atoms with Crippen LogP contribution in [-0.4, -0.2) is 44.2 Å². The van der Waals surface area contributed by atoms with E-state index in [-0.39, 0.29) is 0 Å². The summed E-state index contributed by atoms with van der Waals surface area (Å²) < 4.78 is 5.81. The van der Waals surface area contributed by atoms with Gasteiger partial charge in [0.2, 0.25) is 0 Å². The van der Waals surface area contributed by atoms with Crippen LogP contribution >= 0.6 is 0 Å². The van der Waals surface area contributed by atoms with Gasteiger partial charge in [-0.25, -0.2) is 0 Å². The Morgan fingerprint density at radius 2 is 1.76 bits per heavy atom. The molecule has 2 rings (SSSR count). The first-order valence-corrected chi connectivity index (χ1v) is 6.38. The van der Waals surface area contributed by atoms with Gasteiger partial charge in [0, 0.05) is 32.7 Å². The molecule has 1 fully saturated rings. The van der Waals surface area contributed by atoms with Crippen molar-refractivity contribution in [3.05, 3.63) is 29.3 Å². The molecule has 1 aliphatic heterocycles. The van der Waals surface area contributed by atoms with Crippen LogP contribution in [-0.2, 0) is 0 Å². The average molecular weight is 234 g/mol. The summed E-state index contributed by atoms with van der Waals surface area (Å²) >= 11 is 0. The summed E-state index contributed by atoms with van der Waals surface area (Å²) in [6, 6.07) is 6.37. The zero-order valence-electron chi connectivity index (χ0n) is 10.8. The Morgan fingerprint density at radius 3 is 2.41 bits per heavy atom. The van der Waals surface area contributed by atoms with Gasteiger partial charge in [0.15, 0.2) is 0 Å². The fourth-order valence-electron chi connectivity index (χ4n) is 2.24. The van der Waals surface area contributed by atoms with E-state index in [9.17, 15) is 0 Å². The van der Waals surface area contributed by atoms with Crippen LogP contribution in [0.1, 0.15) is 11.1 Å². The molecule has 0 amide bonds. The van der Waals surface area contributed by atoms with Gasteiger partial charge in [-0.2, -0.15) is 0 Å². The summed E-state index contributed by atoms with van der Waals surface area (Å²) in [5.41, 5.74) is 2.53. The number of rotatable bonds is 4. The van der Waals surface area contributed by atoms with Crippen molar-refractivity contribution in [1.29, 1.82) is 0 Å². The van der Waals surface area contributed by atoms with Crippen molar-refractivity contribution in [1.82, 2.24) is 10.2 Å². The van der Waals surface area contributed by atoms with E-state index >= 15 is 0 Å². The first-order chi connectivity index (χ1) is 8.24. The molecule has 1 saturated heterocycles. The van der Waals surface area contributed by atoms with Gasteiger partial charge >= 0.3 is 0 Å². The smallest absolute Gasteiger partial charge is 0.119 e. The van der Waals surface area contributed by atoms with Gasteiger partial charge < -0.3 is 10.1 Å². The Kier molecular flexibility index (Phi) is 4.40. The van der Waals surface area contributed by atoms with Crippen LogP contribution in [0.4, 0.5) is 0 Å². The summed E-state index contributed by atoms with van der Waals surface area (Å²) in [5.74, 6) is 0.998. The summed E-state index contributed by atoms with van der Waals surface area (Å²) in [7, 11) is 0. The van der Waals surface area contributed by atoms with Gasteiger partial charge in [-0.05, 0) is 37.1 Å². The quantitative estimate of drug-likeness (QED) is 0.856. The molecule has 1 N–H and O–H groups in total. The molecule has 0 atom stereocenters. The van der Waals surface area contributed by atoms with Crippen LogP contribution in [0, 0.1) is 13.8 Å². The number of nitrogens with one attached hydrogen (secondary N) is 1. The molecule has 3 heteroatoms. The summed E-state index contributed by atoms with van der Waals surface area (Å²) in [6.07, 6.45) is 0. The lowest BCUT2D eigenvalue weighted by atomic mass is 10.1. The molecular weight excluding hydrogens is 212 g/mol. The van der Waals surface area contributed by atoms with Crippen molar-refractivity contribution in [2.75, 3.05) is 39.3 Å². The molecule has 0 spiro atoms. The van der Waals surface area contributed by atoms with Gasteiger partial charge in [-0.1, -0.05) is 6.07 Å². The van der Waals surface area contributed by atoms with Crippen LogP contribution in [0.15, 0.2) is 18.2 Å². The van der Waals surface area contributed by atoms with Crippen molar-refractivity contribution in [3.8, 4) is 5.75 Å². The maximum absolute atomic E-state index is 5.81. The summed E-state index contributed by atoms with van der Waals surface area (Å²) in [5, 5.41) is 3.36.